The quantitative estimate of drug-likeness (QED) is 0.622. The molecule has 1 heterocycles. The number of halogens is 1. The van der Waals surface area contributed by atoms with Gasteiger partial charge in [-0.2, -0.15) is 0 Å². The lowest BCUT2D eigenvalue weighted by Gasteiger charge is -2.09. The van der Waals surface area contributed by atoms with Gasteiger partial charge in [0.1, 0.15) is 5.75 Å². The maximum absolute atomic E-state index is 12.5. The highest BCUT2D eigenvalue weighted by Gasteiger charge is 2.27. The molecule has 1 aliphatic rings. The average Bonchev–Trinajstić information content (AvgIpc) is 2.93. The van der Waals surface area contributed by atoms with Crippen LogP contribution in [0.15, 0.2) is 59.1 Å². The third-order valence-corrected chi connectivity index (χ3v) is 5.13. The van der Waals surface area contributed by atoms with Gasteiger partial charge in [0.25, 0.3) is 0 Å². The molecular formula is C21H16BrNO3. The van der Waals surface area contributed by atoms with E-state index in [1.165, 1.54) is 0 Å². The monoisotopic (exact) mass is 409 g/mol. The second kappa shape index (κ2) is 6.57. The van der Waals surface area contributed by atoms with Crippen LogP contribution < -0.4 is 10.1 Å². The number of rotatable bonds is 4. The molecule has 0 spiro atoms. The molecule has 1 atom stereocenters. The molecule has 130 valence electrons. The molecule has 5 heteroatoms. The molecule has 0 saturated carbocycles. The van der Waals surface area contributed by atoms with Crippen LogP contribution in [-0.2, 0) is 4.79 Å². The first-order chi connectivity index (χ1) is 12.5. The van der Waals surface area contributed by atoms with Crippen molar-refractivity contribution in [3.8, 4) is 5.75 Å². The Labute approximate surface area is 159 Å². The molecule has 3 aromatic rings. The highest BCUT2D eigenvalue weighted by atomic mass is 79.9. The number of benzene rings is 3. The summed E-state index contributed by atoms with van der Waals surface area (Å²) in [4.78, 5) is 24.2. The van der Waals surface area contributed by atoms with Crippen LogP contribution in [-0.4, -0.2) is 18.3 Å². The Hall–Kier alpha value is -2.66. The summed E-state index contributed by atoms with van der Waals surface area (Å²) >= 11 is 3.45. The number of hydrogen-bond acceptors (Lipinski definition) is 3. The first-order valence-corrected chi connectivity index (χ1v) is 9.11. The minimum atomic E-state index is -0.238. The largest absolute Gasteiger partial charge is 0.485 e. The van der Waals surface area contributed by atoms with Crippen LogP contribution >= 0.6 is 15.9 Å². The van der Waals surface area contributed by atoms with Crippen LogP contribution in [0.3, 0.4) is 0 Å². The number of carbonyl (C=O) groups is 2. The second-order valence-electron chi connectivity index (χ2n) is 6.38. The smallest absolute Gasteiger partial charge is 0.231 e. The summed E-state index contributed by atoms with van der Waals surface area (Å²) in [5.74, 6) is 0.261. The van der Waals surface area contributed by atoms with Crippen molar-refractivity contribution >= 4 is 44.1 Å². The van der Waals surface area contributed by atoms with E-state index >= 15 is 0 Å². The maximum Gasteiger partial charge on any atom is 0.231 e. The first-order valence-electron chi connectivity index (χ1n) is 8.31. The Kier molecular flexibility index (Phi) is 4.24. The molecule has 0 bridgehead atoms. The number of ketones is 1. The summed E-state index contributed by atoms with van der Waals surface area (Å²) in [6, 6.07) is 17.0. The molecule has 1 aliphatic heterocycles. The van der Waals surface area contributed by atoms with Gasteiger partial charge in [-0.25, -0.2) is 0 Å². The fourth-order valence-corrected chi connectivity index (χ4v) is 3.49. The van der Waals surface area contributed by atoms with Crippen molar-refractivity contribution in [3.05, 3.63) is 70.2 Å². The van der Waals surface area contributed by atoms with Crippen LogP contribution in [0.1, 0.15) is 28.8 Å². The van der Waals surface area contributed by atoms with Gasteiger partial charge in [0.05, 0.1) is 5.92 Å². The molecular weight excluding hydrogens is 394 g/mol. The number of Topliss-reactive ketones (excluding diaryl/α,β-unsaturated/α-hetero) is 1. The summed E-state index contributed by atoms with van der Waals surface area (Å²) in [7, 11) is 0. The zero-order valence-corrected chi connectivity index (χ0v) is 15.7. The minimum absolute atomic E-state index is 0.0383. The molecule has 3 aromatic carbocycles. The molecule has 4 rings (SSSR count). The van der Waals surface area contributed by atoms with E-state index in [0.29, 0.717) is 11.3 Å². The Morgan fingerprint density at radius 3 is 2.69 bits per heavy atom. The maximum atomic E-state index is 12.5. The molecule has 0 aliphatic carbocycles. The zero-order chi connectivity index (χ0) is 18.3. The number of carbonyl (C=O) groups excluding carboxylic acids is 2. The van der Waals surface area contributed by atoms with E-state index in [1.54, 1.807) is 18.2 Å². The first kappa shape index (κ1) is 16.8. The predicted octanol–water partition coefficient (Wildman–Crippen LogP) is 4.92. The predicted molar refractivity (Wildman–Crippen MR) is 105 cm³/mol. The molecule has 0 radical (unpaired) electrons. The minimum Gasteiger partial charge on any atom is -0.485 e. The van der Waals surface area contributed by atoms with Gasteiger partial charge >= 0.3 is 0 Å². The van der Waals surface area contributed by atoms with E-state index < -0.39 is 0 Å². The van der Waals surface area contributed by atoms with Gasteiger partial charge in [-0.05, 0) is 65.7 Å². The van der Waals surface area contributed by atoms with E-state index in [-0.39, 0.29) is 24.2 Å². The Morgan fingerprint density at radius 2 is 1.85 bits per heavy atom. The lowest BCUT2D eigenvalue weighted by Crippen LogP contribution is -2.12. The van der Waals surface area contributed by atoms with Gasteiger partial charge in [0, 0.05) is 15.7 Å². The van der Waals surface area contributed by atoms with Crippen LogP contribution in [0.25, 0.3) is 10.8 Å². The van der Waals surface area contributed by atoms with Gasteiger partial charge in [0.15, 0.2) is 12.4 Å². The SMILES string of the molecule is C[C@H]1C(=O)Nc2ccc(C(=O)COc3ccc4cc(Br)ccc4c3)cc21. The van der Waals surface area contributed by atoms with Crippen molar-refractivity contribution in [3.63, 3.8) is 0 Å². The number of ether oxygens (including phenoxy) is 1. The molecule has 4 nitrogen and oxygen atoms in total. The van der Waals surface area contributed by atoms with Crippen molar-refractivity contribution in [2.45, 2.75) is 12.8 Å². The number of hydrogen-bond donors (Lipinski definition) is 1. The topological polar surface area (TPSA) is 55.4 Å². The van der Waals surface area contributed by atoms with E-state index in [0.717, 1.165) is 26.5 Å². The van der Waals surface area contributed by atoms with Gasteiger partial charge in [-0.15, -0.1) is 0 Å². The number of anilines is 1. The van der Waals surface area contributed by atoms with Crippen molar-refractivity contribution in [1.82, 2.24) is 0 Å². The lowest BCUT2D eigenvalue weighted by atomic mass is 9.99. The molecule has 1 amide bonds. The number of fused-ring (bicyclic) bond motifs is 2. The van der Waals surface area contributed by atoms with E-state index in [4.69, 9.17) is 4.74 Å². The lowest BCUT2D eigenvalue weighted by molar-refractivity contribution is -0.116. The van der Waals surface area contributed by atoms with Crippen molar-refractivity contribution < 1.29 is 14.3 Å². The van der Waals surface area contributed by atoms with Gasteiger partial charge in [-0.1, -0.05) is 28.1 Å². The highest BCUT2D eigenvalue weighted by Crippen LogP contribution is 2.32. The summed E-state index contributed by atoms with van der Waals surface area (Å²) < 4.78 is 6.71. The number of nitrogens with one attached hydrogen (secondary N) is 1. The van der Waals surface area contributed by atoms with Gasteiger partial charge in [0.2, 0.25) is 5.91 Å². The summed E-state index contributed by atoms with van der Waals surface area (Å²) in [6.45, 7) is 1.79. The zero-order valence-electron chi connectivity index (χ0n) is 14.1. The van der Waals surface area contributed by atoms with Crippen LogP contribution in [0.2, 0.25) is 0 Å². The summed E-state index contributed by atoms with van der Waals surface area (Å²) in [5.41, 5.74) is 2.19. The van der Waals surface area contributed by atoms with Crippen molar-refractivity contribution in [1.29, 1.82) is 0 Å². The van der Waals surface area contributed by atoms with E-state index in [2.05, 4.69) is 21.2 Å². The molecule has 0 fully saturated rings. The standard InChI is InChI=1S/C21H16BrNO3/c1-12-18-10-15(4-7-19(18)23-21(12)25)20(24)11-26-17-6-3-13-8-16(22)5-2-14(13)9-17/h2-10,12H,11H2,1H3,(H,23,25)/t12-/m1/s1. The molecule has 0 unspecified atom stereocenters. The van der Waals surface area contributed by atoms with Crippen LogP contribution in [0.4, 0.5) is 5.69 Å². The van der Waals surface area contributed by atoms with Crippen molar-refractivity contribution in [2.24, 2.45) is 0 Å². The van der Waals surface area contributed by atoms with E-state index in [1.807, 2.05) is 43.3 Å². The second-order valence-corrected chi connectivity index (χ2v) is 7.29. The molecule has 1 N–H and O–H groups in total. The van der Waals surface area contributed by atoms with Gasteiger partial charge < -0.3 is 10.1 Å². The molecule has 0 aromatic heterocycles. The molecule has 0 saturated heterocycles. The van der Waals surface area contributed by atoms with Crippen LogP contribution in [0, 0.1) is 0 Å². The number of amides is 1. The summed E-state index contributed by atoms with van der Waals surface area (Å²) in [6.07, 6.45) is 0. The van der Waals surface area contributed by atoms with Crippen molar-refractivity contribution in [2.75, 3.05) is 11.9 Å². The Bertz CT molecular complexity index is 1040. The molecule has 26 heavy (non-hydrogen) atoms. The fraction of sp³-hybridized carbons (Fsp3) is 0.143. The Balaban J connectivity index is 1.49. The third kappa shape index (κ3) is 3.10. The fourth-order valence-electron chi connectivity index (χ4n) is 3.11. The average molecular weight is 410 g/mol. The normalized spacial score (nSPS) is 15.6. The van der Waals surface area contributed by atoms with Gasteiger partial charge in [-0.3, -0.25) is 9.59 Å². The van der Waals surface area contributed by atoms with Crippen LogP contribution in [0.5, 0.6) is 5.75 Å². The third-order valence-electron chi connectivity index (χ3n) is 4.63. The Morgan fingerprint density at radius 1 is 1.08 bits per heavy atom. The summed E-state index contributed by atoms with van der Waals surface area (Å²) in [5, 5.41) is 4.96. The van der Waals surface area contributed by atoms with E-state index in [9.17, 15) is 9.59 Å². The highest BCUT2D eigenvalue weighted by molar-refractivity contribution is 9.10.